The van der Waals surface area contributed by atoms with Gasteiger partial charge in [-0.3, -0.25) is 14.7 Å². The van der Waals surface area contributed by atoms with Crippen LogP contribution < -0.4 is 16.0 Å². The highest BCUT2D eigenvalue weighted by atomic mass is 19.1. The first-order valence-electron chi connectivity index (χ1n) is 8.57. The van der Waals surface area contributed by atoms with E-state index in [0.717, 1.165) is 6.04 Å². The van der Waals surface area contributed by atoms with Gasteiger partial charge in [0.25, 0.3) is 5.91 Å². The number of rotatable bonds is 4. The van der Waals surface area contributed by atoms with Crippen LogP contribution in [-0.2, 0) is 0 Å². The predicted molar refractivity (Wildman–Crippen MR) is 97.9 cm³/mol. The van der Waals surface area contributed by atoms with E-state index in [1.807, 2.05) is 0 Å². The van der Waals surface area contributed by atoms with Crippen LogP contribution in [0.5, 0.6) is 0 Å². The predicted octanol–water partition coefficient (Wildman–Crippen LogP) is 1.96. The van der Waals surface area contributed by atoms with E-state index < -0.39 is 11.7 Å². The largest absolute Gasteiger partial charge is 0.319 e. The number of H-pyrrole nitrogens is 1. The Hall–Kier alpha value is -2.58. The van der Waals surface area contributed by atoms with Crippen LogP contribution in [0.25, 0.3) is 0 Å². The first-order valence-corrected chi connectivity index (χ1v) is 8.57. The second-order valence-electron chi connectivity index (χ2n) is 5.94. The van der Waals surface area contributed by atoms with Gasteiger partial charge >= 0.3 is 0 Å². The molecular weight excluding hydrogens is 337 g/mol. The van der Waals surface area contributed by atoms with Crippen molar-refractivity contribution in [3.8, 4) is 0 Å². The molecule has 2 aromatic rings. The standard InChI is InChI=1S/C11H8FN3O2.C7H16N2/c12-8-3-1-7(2-4-8)11(17)14-9-5-13-15-10(9)6-16;1-8-7-3-2-5-9-6-4-7/h1-6H,(H,13,15)(H,14,17);7-9H,2-6H2,1H3. The Kier molecular flexibility index (Phi) is 7.91. The number of carbonyl (C=O) groups excluding carboxylic acids is 2. The zero-order valence-corrected chi connectivity index (χ0v) is 14.7. The van der Waals surface area contributed by atoms with Crippen LogP contribution in [-0.4, -0.2) is 48.6 Å². The minimum Gasteiger partial charge on any atom is -0.319 e. The second kappa shape index (κ2) is 10.4. The van der Waals surface area contributed by atoms with Crippen molar-refractivity contribution in [1.82, 2.24) is 20.8 Å². The number of anilines is 1. The first-order chi connectivity index (χ1) is 12.6. The van der Waals surface area contributed by atoms with Gasteiger partial charge in [-0.25, -0.2) is 4.39 Å². The molecule has 7 nitrogen and oxygen atoms in total. The van der Waals surface area contributed by atoms with Crippen LogP contribution in [0.4, 0.5) is 10.1 Å². The number of carbonyl (C=O) groups is 2. The molecule has 1 aromatic heterocycles. The molecule has 0 spiro atoms. The van der Waals surface area contributed by atoms with Crippen molar-refractivity contribution >= 4 is 17.9 Å². The van der Waals surface area contributed by atoms with Crippen LogP contribution in [0.2, 0.25) is 0 Å². The Morgan fingerprint density at radius 2 is 2.04 bits per heavy atom. The van der Waals surface area contributed by atoms with E-state index in [9.17, 15) is 14.0 Å². The number of aromatic amines is 1. The van der Waals surface area contributed by atoms with Gasteiger partial charge in [0.2, 0.25) is 0 Å². The van der Waals surface area contributed by atoms with E-state index in [1.54, 1.807) is 0 Å². The molecule has 8 heteroatoms. The smallest absolute Gasteiger partial charge is 0.255 e. The highest BCUT2D eigenvalue weighted by Crippen LogP contribution is 2.11. The van der Waals surface area contributed by atoms with Gasteiger partial charge in [0.05, 0.1) is 11.9 Å². The van der Waals surface area contributed by atoms with Gasteiger partial charge in [0.1, 0.15) is 11.5 Å². The molecule has 1 saturated heterocycles. The quantitative estimate of drug-likeness (QED) is 0.624. The monoisotopic (exact) mass is 361 g/mol. The molecule has 0 radical (unpaired) electrons. The molecule has 1 unspecified atom stereocenters. The number of aldehydes is 1. The van der Waals surface area contributed by atoms with Gasteiger partial charge in [0, 0.05) is 11.6 Å². The molecule has 1 aliphatic heterocycles. The fourth-order valence-corrected chi connectivity index (χ4v) is 2.59. The molecule has 4 N–H and O–H groups in total. The Balaban J connectivity index is 0.000000228. The number of hydrogen-bond donors (Lipinski definition) is 4. The lowest BCUT2D eigenvalue weighted by atomic mass is 10.1. The highest BCUT2D eigenvalue weighted by molar-refractivity contribution is 6.05. The lowest BCUT2D eigenvalue weighted by Crippen LogP contribution is -2.25. The van der Waals surface area contributed by atoms with Crippen molar-refractivity contribution in [3.05, 3.63) is 47.5 Å². The van der Waals surface area contributed by atoms with E-state index in [2.05, 4.69) is 33.2 Å². The fourth-order valence-electron chi connectivity index (χ4n) is 2.59. The average Bonchev–Trinajstić information content (AvgIpc) is 2.93. The highest BCUT2D eigenvalue weighted by Gasteiger charge is 2.10. The Morgan fingerprint density at radius 3 is 2.73 bits per heavy atom. The Labute approximate surface area is 151 Å². The van der Waals surface area contributed by atoms with E-state index in [-0.39, 0.29) is 11.4 Å². The van der Waals surface area contributed by atoms with Crippen LogP contribution in [0.15, 0.2) is 30.5 Å². The number of nitrogens with zero attached hydrogens (tertiary/aromatic N) is 1. The molecule has 0 bridgehead atoms. The summed E-state index contributed by atoms with van der Waals surface area (Å²) in [6, 6.07) is 5.84. The number of aromatic nitrogens is 2. The molecule has 0 saturated carbocycles. The first kappa shape index (κ1) is 19.7. The lowest BCUT2D eigenvalue weighted by molar-refractivity contribution is 0.102. The van der Waals surface area contributed by atoms with Gasteiger partial charge in [-0.05, 0) is 63.7 Å². The summed E-state index contributed by atoms with van der Waals surface area (Å²) in [6.45, 7) is 2.39. The minimum atomic E-state index is -0.436. The molecule has 26 heavy (non-hydrogen) atoms. The summed E-state index contributed by atoms with van der Waals surface area (Å²) in [5, 5.41) is 15.2. The third-order valence-corrected chi connectivity index (χ3v) is 4.13. The molecule has 3 rings (SSSR count). The molecule has 1 aromatic carbocycles. The molecule has 2 heterocycles. The van der Waals surface area contributed by atoms with Gasteiger partial charge in [-0.2, -0.15) is 5.10 Å². The summed E-state index contributed by atoms with van der Waals surface area (Å²) in [4.78, 5) is 22.3. The van der Waals surface area contributed by atoms with Gasteiger partial charge < -0.3 is 16.0 Å². The van der Waals surface area contributed by atoms with Crippen LogP contribution in [0, 0.1) is 5.82 Å². The number of halogens is 1. The normalized spacial score (nSPS) is 16.8. The third-order valence-electron chi connectivity index (χ3n) is 4.13. The maximum absolute atomic E-state index is 12.7. The van der Waals surface area contributed by atoms with E-state index in [4.69, 9.17) is 0 Å². The van der Waals surface area contributed by atoms with Crippen molar-refractivity contribution in [2.75, 3.05) is 25.5 Å². The average molecular weight is 361 g/mol. The topological polar surface area (TPSA) is 98.9 Å². The fraction of sp³-hybridized carbons (Fsp3) is 0.389. The summed E-state index contributed by atoms with van der Waals surface area (Å²) in [5.74, 6) is -0.854. The number of nitrogens with one attached hydrogen (secondary N) is 4. The SMILES string of the molecule is CNC1CCCNCC1.O=Cc1[nH]ncc1NC(=O)c1ccc(F)cc1. The molecule has 1 atom stereocenters. The summed E-state index contributed by atoms with van der Waals surface area (Å²) in [7, 11) is 2.05. The summed E-state index contributed by atoms with van der Waals surface area (Å²) < 4.78 is 12.7. The second-order valence-corrected chi connectivity index (χ2v) is 5.94. The van der Waals surface area contributed by atoms with E-state index >= 15 is 0 Å². The number of amides is 1. The molecular formula is C18H24FN5O2. The van der Waals surface area contributed by atoms with E-state index in [0.29, 0.717) is 11.8 Å². The van der Waals surface area contributed by atoms with Gasteiger partial charge in [-0.15, -0.1) is 0 Å². The summed E-state index contributed by atoms with van der Waals surface area (Å²) >= 11 is 0. The minimum absolute atomic E-state index is 0.181. The summed E-state index contributed by atoms with van der Waals surface area (Å²) in [5.41, 5.74) is 0.763. The van der Waals surface area contributed by atoms with Crippen molar-refractivity contribution in [1.29, 1.82) is 0 Å². The van der Waals surface area contributed by atoms with Crippen molar-refractivity contribution < 1.29 is 14.0 Å². The van der Waals surface area contributed by atoms with E-state index in [1.165, 1.54) is 62.8 Å². The molecule has 1 amide bonds. The van der Waals surface area contributed by atoms with Gasteiger partial charge in [0.15, 0.2) is 6.29 Å². The molecule has 0 aliphatic carbocycles. The lowest BCUT2D eigenvalue weighted by Gasteiger charge is -2.10. The Morgan fingerprint density at radius 1 is 1.27 bits per heavy atom. The van der Waals surface area contributed by atoms with Crippen molar-refractivity contribution in [2.45, 2.75) is 25.3 Å². The van der Waals surface area contributed by atoms with Gasteiger partial charge in [-0.1, -0.05) is 0 Å². The molecule has 1 fully saturated rings. The molecule has 140 valence electrons. The zero-order chi connectivity index (χ0) is 18.8. The third kappa shape index (κ3) is 6.05. The van der Waals surface area contributed by atoms with Crippen LogP contribution in [0.3, 0.4) is 0 Å². The number of benzene rings is 1. The molecule has 1 aliphatic rings. The zero-order valence-electron chi connectivity index (χ0n) is 14.7. The number of hydrogen-bond acceptors (Lipinski definition) is 5. The maximum Gasteiger partial charge on any atom is 0.255 e. The van der Waals surface area contributed by atoms with Crippen LogP contribution in [0.1, 0.15) is 40.1 Å². The summed E-state index contributed by atoms with van der Waals surface area (Å²) in [6.07, 6.45) is 5.82. The van der Waals surface area contributed by atoms with Crippen molar-refractivity contribution in [2.24, 2.45) is 0 Å². The van der Waals surface area contributed by atoms with Crippen molar-refractivity contribution in [3.63, 3.8) is 0 Å². The van der Waals surface area contributed by atoms with Crippen LogP contribution >= 0.6 is 0 Å². The Bertz CT molecular complexity index is 694. The maximum atomic E-state index is 12.7.